The highest BCUT2D eigenvalue weighted by molar-refractivity contribution is 5.97. The van der Waals surface area contributed by atoms with Gasteiger partial charge in [0, 0.05) is 62.5 Å². The monoisotopic (exact) mass is 786 g/mol. The number of terminal acetylenes is 1. The molecule has 4 amide bonds. The van der Waals surface area contributed by atoms with Crippen LogP contribution in [0.5, 0.6) is 0 Å². The van der Waals surface area contributed by atoms with Gasteiger partial charge >= 0.3 is 12.2 Å². The van der Waals surface area contributed by atoms with Crippen LogP contribution in [-0.2, 0) is 25.5 Å². The Morgan fingerprint density at radius 2 is 1.25 bits per heavy atom. The molecule has 14 nitrogen and oxygen atoms in total. The fourth-order valence-electron chi connectivity index (χ4n) is 8.25. The van der Waals surface area contributed by atoms with Gasteiger partial charge in [0.25, 0.3) is 11.8 Å². The Balaban J connectivity index is 1.06. The summed E-state index contributed by atoms with van der Waals surface area (Å²) in [5.41, 5.74) is 0.565. The highest BCUT2D eigenvalue weighted by Crippen LogP contribution is 2.36. The lowest BCUT2D eigenvalue weighted by Crippen LogP contribution is -2.58. The van der Waals surface area contributed by atoms with Gasteiger partial charge in [-0.25, -0.2) is 9.59 Å². The second-order valence-corrected chi connectivity index (χ2v) is 18.4. The highest BCUT2D eigenvalue weighted by Gasteiger charge is 2.44. The molecule has 4 aliphatic heterocycles. The topological polar surface area (TPSA) is 136 Å². The predicted octanol–water partition coefficient (Wildman–Crippen LogP) is 5.43. The number of rotatable bonds is 5. The molecule has 1 aromatic heterocycles. The molecule has 4 saturated heterocycles. The number of carbonyl (C=O) groups is 4. The van der Waals surface area contributed by atoms with E-state index in [0.29, 0.717) is 121 Å². The largest absolute Gasteiger partial charge is 0.444 e. The number of aromatic nitrogens is 2. The number of ether oxygens (including phenoxy) is 4. The second-order valence-electron chi connectivity index (χ2n) is 18.4. The fraction of sp³-hybridized carbons (Fsp3) is 0.651. The number of carbonyl (C=O) groups excluding carboxylic acids is 4. The number of morpholine rings is 2. The summed E-state index contributed by atoms with van der Waals surface area (Å²) in [5, 5.41) is 4.87. The van der Waals surface area contributed by atoms with Gasteiger partial charge in [-0.2, -0.15) is 5.10 Å². The fourth-order valence-corrected chi connectivity index (χ4v) is 8.25. The number of likely N-dealkylation sites (tertiary alicyclic amines) is 2. The van der Waals surface area contributed by atoms with Gasteiger partial charge in [-0.15, -0.1) is 6.42 Å². The van der Waals surface area contributed by atoms with Crippen molar-refractivity contribution in [3.05, 3.63) is 41.1 Å². The molecule has 0 N–H and O–H groups in total. The van der Waals surface area contributed by atoms with Gasteiger partial charge in [0.15, 0.2) is 5.69 Å². The molecule has 1 aromatic carbocycles. The molecule has 5 aliphatic rings. The molecule has 308 valence electrons. The molecule has 0 bridgehead atoms. The summed E-state index contributed by atoms with van der Waals surface area (Å²) < 4.78 is 25.7. The molecule has 1 aliphatic carbocycles. The van der Waals surface area contributed by atoms with E-state index in [2.05, 4.69) is 5.92 Å². The number of hydrogen-bond acceptors (Lipinski definition) is 9. The molecular formula is C43H58N6O8. The van der Waals surface area contributed by atoms with E-state index in [9.17, 15) is 19.2 Å². The number of hydrogen-bond donors (Lipinski definition) is 0. The smallest absolute Gasteiger partial charge is 0.410 e. The zero-order valence-electron chi connectivity index (χ0n) is 34.4. The van der Waals surface area contributed by atoms with Crippen LogP contribution in [0.25, 0.3) is 11.3 Å². The van der Waals surface area contributed by atoms with Crippen LogP contribution in [0.1, 0.15) is 106 Å². The van der Waals surface area contributed by atoms with E-state index in [1.165, 1.54) is 0 Å². The van der Waals surface area contributed by atoms with Crippen molar-refractivity contribution >= 4 is 24.0 Å². The van der Waals surface area contributed by atoms with Gasteiger partial charge in [0.2, 0.25) is 0 Å². The first-order valence-corrected chi connectivity index (χ1v) is 20.5. The first kappa shape index (κ1) is 40.6. The third kappa shape index (κ3) is 9.58. The van der Waals surface area contributed by atoms with Crippen LogP contribution in [0.4, 0.5) is 9.59 Å². The highest BCUT2D eigenvalue weighted by atomic mass is 16.6. The zero-order valence-corrected chi connectivity index (χ0v) is 34.4. The number of amides is 4. The van der Waals surface area contributed by atoms with E-state index < -0.39 is 22.4 Å². The van der Waals surface area contributed by atoms with Gasteiger partial charge in [0.05, 0.1) is 43.2 Å². The van der Waals surface area contributed by atoms with Crippen LogP contribution < -0.4 is 0 Å². The molecule has 2 aromatic rings. The van der Waals surface area contributed by atoms with Crippen molar-refractivity contribution in [2.24, 2.45) is 5.92 Å². The van der Waals surface area contributed by atoms with Gasteiger partial charge in [0.1, 0.15) is 11.2 Å². The summed E-state index contributed by atoms with van der Waals surface area (Å²) in [4.78, 5) is 61.0. The Morgan fingerprint density at radius 1 is 0.737 bits per heavy atom. The summed E-state index contributed by atoms with van der Waals surface area (Å²) >= 11 is 0. The van der Waals surface area contributed by atoms with E-state index >= 15 is 0 Å². The van der Waals surface area contributed by atoms with Crippen molar-refractivity contribution < 1.29 is 38.1 Å². The molecule has 14 heteroatoms. The molecule has 2 spiro atoms. The molecule has 57 heavy (non-hydrogen) atoms. The number of piperidine rings is 2. The van der Waals surface area contributed by atoms with Crippen LogP contribution >= 0.6 is 0 Å². The van der Waals surface area contributed by atoms with E-state index in [1.54, 1.807) is 15.9 Å². The molecule has 0 atom stereocenters. The van der Waals surface area contributed by atoms with E-state index in [1.807, 2.05) is 74.2 Å². The minimum absolute atomic E-state index is 0.147. The zero-order chi connectivity index (χ0) is 40.8. The average molecular weight is 787 g/mol. The van der Waals surface area contributed by atoms with E-state index in [0.717, 1.165) is 24.1 Å². The number of nitrogens with zero attached hydrogens (tertiary/aromatic N) is 6. The predicted molar refractivity (Wildman–Crippen MR) is 212 cm³/mol. The van der Waals surface area contributed by atoms with Gasteiger partial charge < -0.3 is 38.5 Å². The minimum Gasteiger partial charge on any atom is -0.444 e. The lowest BCUT2D eigenvalue weighted by Gasteiger charge is -2.47. The Kier molecular flexibility index (Phi) is 11.1. The normalized spacial score (nSPS) is 21.0. The maximum atomic E-state index is 14.3. The van der Waals surface area contributed by atoms with Crippen molar-refractivity contribution in [3.8, 4) is 23.6 Å². The summed E-state index contributed by atoms with van der Waals surface area (Å²) in [5.74, 6) is 2.88. The molecule has 1 saturated carbocycles. The Morgan fingerprint density at radius 3 is 1.72 bits per heavy atom. The molecular weight excluding hydrogens is 729 g/mol. The summed E-state index contributed by atoms with van der Waals surface area (Å²) in [7, 11) is 0. The average Bonchev–Trinajstić information content (AvgIpc) is 3.88. The van der Waals surface area contributed by atoms with Crippen LogP contribution in [0.15, 0.2) is 24.3 Å². The van der Waals surface area contributed by atoms with Crippen molar-refractivity contribution in [1.29, 1.82) is 0 Å². The van der Waals surface area contributed by atoms with Crippen molar-refractivity contribution in [3.63, 3.8) is 0 Å². The summed E-state index contributed by atoms with van der Waals surface area (Å²) in [6.07, 6.45) is 9.88. The van der Waals surface area contributed by atoms with Crippen molar-refractivity contribution in [1.82, 2.24) is 29.4 Å². The van der Waals surface area contributed by atoms with E-state index in [-0.39, 0.29) is 24.0 Å². The quantitative estimate of drug-likeness (QED) is 0.364. The van der Waals surface area contributed by atoms with Crippen molar-refractivity contribution in [2.75, 3.05) is 65.6 Å². The van der Waals surface area contributed by atoms with Crippen LogP contribution in [0.3, 0.4) is 0 Å². The lowest BCUT2D eigenvalue weighted by molar-refractivity contribution is -0.126. The molecule has 5 heterocycles. The maximum Gasteiger partial charge on any atom is 0.410 e. The summed E-state index contributed by atoms with van der Waals surface area (Å²) in [6.45, 7) is 16.2. The molecule has 0 radical (unpaired) electrons. The Bertz CT molecular complexity index is 1900. The Labute approximate surface area is 336 Å². The third-order valence-corrected chi connectivity index (χ3v) is 11.5. The summed E-state index contributed by atoms with van der Waals surface area (Å²) in [6, 6.07) is 7.30. The van der Waals surface area contributed by atoms with Crippen LogP contribution in [0, 0.1) is 18.3 Å². The number of benzene rings is 1. The molecule has 7 rings (SSSR count). The first-order chi connectivity index (χ1) is 26.9. The van der Waals surface area contributed by atoms with Crippen LogP contribution in [-0.4, -0.2) is 141 Å². The second kappa shape index (κ2) is 15.6. The maximum absolute atomic E-state index is 14.3. The van der Waals surface area contributed by atoms with E-state index in [4.69, 9.17) is 30.5 Å². The van der Waals surface area contributed by atoms with Crippen molar-refractivity contribution in [2.45, 2.75) is 109 Å². The van der Waals surface area contributed by atoms with Gasteiger partial charge in [-0.1, -0.05) is 5.92 Å². The minimum atomic E-state index is -0.577. The standard InChI is InChI=1S/C43H58N6O8/c1-8-30-23-32(25-33(24-30)36(50)47-19-21-54-42(28-47)11-15-45(16-12-42)38(52)56-40(2,3)4)35-26-34(44-49(35)27-31-9-10-31)37(51)48-20-22-55-43(29-48)13-17-46(18-14-43)39(53)57-41(5,6)7/h1,23-26,31H,9-22,27-29H2,2-7H3. The third-order valence-electron chi connectivity index (χ3n) is 11.5. The van der Waals surface area contributed by atoms with Gasteiger partial charge in [-0.05, 0) is 110 Å². The SMILES string of the molecule is C#Cc1cc(C(=O)N2CCOC3(CCN(C(=O)OC(C)(C)C)CC3)C2)cc(-c2cc(C(=O)N3CCOC4(CCN(C(=O)OC(C)(C)C)CC4)C3)nn2CC2CC2)c1. The lowest BCUT2D eigenvalue weighted by atomic mass is 9.89. The Hall–Kier alpha value is -4.61. The molecule has 0 unspecified atom stereocenters. The molecule has 5 fully saturated rings. The first-order valence-electron chi connectivity index (χ1n) is 20.5. The van der Waals surface area contributed by atoms with Gasteiger partial charge in [-0.3, -0.25) is 14.3 Å². The van der Waals surface area contributed by atoms with Crippen LogP contribution in [0.2, 0.25) is 0 Å².